The number of carbonyl (C=O) groups excluding carboxylic acids is 1. The summed E-state index contributed by atoms with van der Waals surface area (Å²) in [5.74, 6) is -4.50. The Morgan fingerprint density at radius 1 is 1.00 bits per heavy atom. The second-order valence-corrected chi connectivity index (χ2v) is 11.7. The lowest BCUT2D eigenvalue weighted by atomic mass is 9.53. The molecule has 11 nitrogen and oxygen atoms in total. The monoisotopic (exact) mass is 627 g/mol. The van der Waals surface area contributed by atoms with Crippen molar-refractivity contribution in [3.8, 4) is 34.0 Å². The van der Waals surface area contributed by atoms with Gasteiger partial charge in [-0.3, -0.25) is 14.4 Å². The Bertz CT molecular complexity index is 1820. The number of piperidine rings is 1. The van der Waals surface area contributed by atoms with E-state index in [2.05, 4.69) is 10.1 Å². The van der Waals surface area contributed by atoms with Crippen LogP contribution in [0.25, 0.3) is 34.0 Å². The molecule has 0 radical (unpaired) electrons. The van der Waals surface area contributed by atoms with Gasteiger partial charge in [0, 0.05) is 42.1 Å². The van der Waals surface area contributed by atoms with Crippen LogP contribution < -0.4 is 0 Å². The van der Waals surface area contributed by atoms with Gasteiger partial charge in [-0.25, -0.2) is 4.39 Å². The fraction of sp³-hybridized carbons (Fsp3) is 0.265. The van der Waals surface area contributed by atoms with E-state index >= 15 is 0 Å². The van der Waals surface area contributed by atoms with E-state index in [1.54, 1.807) is 36.4 Å². The fourth-order valence-corrected chi connectivity index (χ4v) is 6.60. The highest BCUT2D eigenvalue weighted by Crippen LogP contribution is 2.54. The van der Waals surface area contributed by atoms with Crippen molar-refractivity contribution in [1.82, 2.24) is 15.0 Å². The van der Waals surface area contributed by atoms with Crippen molar-refractivity contribution >= 4 is 17.8 Å². The van der Waals surface area contributed by atoms with Crippen LogP contribution in [0, 0.1) is 22.6 Å². The second kappa shape index (κ2) is 11.8. The Kier molecular flexibility index (Phi) is 7.80. The van der Waals surface area contributed by atoms with Crippen molar-refractivity contribution in [2.75, 3.05) is 13.3 Å². The first kappa shape index (κ1) is 30.5. The third-order valence-corrected chi connectivity index (χ3v) is 8.91. The standard InChI is InChI=1S/C34H30FN3O8/c1-20-16-38(30(39)33(2,15-25-18-44-19-45-25)34(20,31(40)41)32(42)43)17-21-8-10-23(11-9-21)28-36-29(46-37-28)24-12-13-26(27(35)14-24)22-6-4-3-5-7-22/h3-14,18,20H,15-17,19H2,1-2H3,(H,40,41)(H,42,43). The minimum Gasteiger partial charge on any atom is -0.480 e. The number of carboxylic acid groups (broad SMARTS) is 2. The van der Waals surface area contributed by atoms with E-state index in [0.29, 0.717) is 22.3 Å². The Morgan fingerprint density at radius 3 is 2.33 bits per heavy atom. The quantitative estimate of drug-likeness (QED) is 0.225. The number of hydrogen-bond acceptors (Lipinski definition) is 8. The van der Waals surface area contributed by atoms with Gasteiger partial charge in [-0.2, -0.15) is 4.98 Å². The van der Waals surface area contributed by atoms with Crippen LogP contribution in [0.4, 0.5) is 4.39 Å². The van der Waals surface area contributed by atoms with Gasteiger partial charge in [0.1, 0.15) is 17.8 Å². The van der Waals surface area contributed by atoms with E-state index in [1.807, 2.05) is 30.3 Å². The first-order chi connectivity index (χ1) is 22.0. The molecule has 0 spiro atoms. The summed E-state index contributed by atoms with van der Waals surface area (Å²) in [6, 6.07) is 20.9. The number of carboxylic acids is 2. The molecule has 1 saturated heterocycles. The summed E-state index contributed by atoms with van der Waals surface area (Å²) in [7, 11) is 0. The predicted molar refractivity (Wildman–Crippen MR) is 161 cm³/mol. The van der Waals surface area contributed by atoms with E-state index in [1.165, 1.54) is 31.1 Å². The van der Waals surface area contributed by atoms with Gasteiger partial charge in [0.15, 0.2) is 5.41 Å². The molecule has 2 aliphatic heterocycles. The summed E-state index contributed by atoms with van der Waals surface area (Å²) in [5.41, 5.74) is -1.30. The lowest BCUT2D eigenvalue weighted by Crippen LogP contribution is -2.67. The molecule has 2 aliphatic rings. The molecule has 0 aliphatic carbocycles. The van der Waals surface area contributed by atoms with Crippen LogP contribution in [0.1, 0.15) is 25.8 Å². The summed E-state index contributed by atoms with van der Waals surface area (Å²) < 4.78 is 30.8. The maximum absolute atomic E-state index is 14.9. The molecule has 6 rings (SSSR count). The highest BCUT2D eigenvalue weighted by molar-refractivity contribution is 6.06. The van der Waals surface area contributed by atoms with Crippen molar-refractivity contribution in [2.24, 2.45) is 16.7 Å². The zero-order chi connectivity index (χ0) is 32.6. The van der Waals surface area contributed by atoms with Gasteiger partial charge in [-0.05, 0) is 30.2 Å². The molecule has 4 aromatic rings. The zero-order valence-electron chi connectivity index (χ0n) is 25.0. The minimum atomic E-state index is -2.39. The van der Waals surface area contributed by atoms with Gasteiger partial charge in [-0.1, -0.05) is 72.7 Å². The van der Waals surface area contributed by atoms with Crippen LogP contribution in [-0.2, 0) is 30.4 Å². The molecule has 236 valence electrons. The van der Waals surface area contributed by atoms with E-state index in [0.717, 1.165) is 5.56 Å². The molecule has 3 heterocycles. The molecular formula is C34H30FN3O8. The van der Waals surface area contributed by atoms with Crippen molar-refractivity contribution in [3.63, 3.8) is 0 Å². The molecule has 2 unspecified atom stereocenters. The summed E-state index contributed by atoms with van der Waals surface area (Å²) in [6.07, 6.45) is 1.01. The van der Waals surface area contributed by atoms with Crippen LogP contribution in [0.15, 0.2) is 89.3 Å². The van der Waals surface area contributed by atoms with Gasteiger partial charge < -0.3 is 29.1 Å². The van der Waals surface area contributed by atoms with E-state index < -0.39 is 40.4 Å². The number of aromatic nitrogens is 2. The van der Waals surface area contributed by atoms with Crippen LogP contribution in [0.5, 0.6) is 0 Å². The van der Waals surface area contributed by atoms with E-state index in [9.17, 15) is 29.0 Å². The molecule has 1 fully saturated rings. The topological polar surface area (TPSA) is 152 Å². The largest absolute Gasteiger partial charge is 0.480 e. The maximum Gasteiger partial charge on any atom is 0.322 e. The van der Waals surface area contributed by atoms with Crippen molar-refractivity contribution in [1.29, 1.82) is 0 Å². The SMILES string of the molecule is CC1CN(Cc2ccc(-c3noc(-c4ccc(-c5ccccc5)c(F)c4)n3)cc2)C(=O)C(C)(CC2=COCO2)C1(C(=O)O)C(=O)O. The summed E-state index contributed by atoms with van der Waals surface area (Å²) >= 11 is 0. The van der Waals surface area contributed by atoms with Gasteiger partial charge in [0.25, 0.3) is 5.89 Å². The van der Waals surface area contributed by atoms with Gasteiger partial charge in [-0.15, -0.1) is 0 Å². The molecule has 1 amide bonds. The first-order valence-corrected chi connectivity index (χ1v) is 14.5. The van der Waals surface area contributed by atoms with Crippen LogP contribution in [0.3, 0.4) is 0 Å². The highest BCUT2D eigenvalue weighted by Gasteiger charge is 2.70. The lowest BCUT2D eigenvalue weighted by molar-refractivity contribution is -0.198. The number of allylic oxidation sites excluding steroid dienone is 1. The molecule has 3 aromatic carbocycles. The zero-order valence-corrected chi connectivity index (χ0v) is 25.0. The average Bonchev–Trinajstić information content (AvgIpc) is 3.73. The number of aliphatic carboxylic acids is 2. The molecule has 12 heteroatoms. The normalized spacial score (nSPS) is 20.5. The number of halogens is 1. The molecule has 46 heavy (non-hydrogen) atoms. The maximum atomic E-state index is 14.9. The number of benzene rings is 3. The van der Waals surface area contributed by atoms with Crippen LogP contribution in [0.2, 0.25) is 0 Å². The number of carbonyl (C=O) groups is 3. The van der Waals surface area contributed by atoms with Gasteiger partial charge >= 0.3 is 11.9 Å². The Morgan fingerprint density at radius 2 is 1.70 bits per heavy atom. The Labute approximate surface area is 262 Å². The van der Waals surface area contributed by atoms with E-state index in [-0.39, 0.29) is 43.8 Å². The third kappa shape index (κ3) is 5.05. The van der Waals surface area contributed by atoms with Crippen LogP contribution >= 0.6 is 0 Å². The number of hydrogen-bond donors (Lipinski definition) is 2. The number of likely N-dealkylation sites (tertiary alicyclic amines) is 1. The van der Waals surface area contributed by atoms with Crippen LogP contribution in [-0.4, -0.2) is 56.4 Å². The molecule has 2 N–H and O–H groups in total. The lowest BCUT2D eigenvalue weighted by Gasteiger charge is -2.52. The minimum absolute atomic E-state index is 0.0843. The highest BCUT2D eigenvalue weighted by atomic mass is 19.1. The van der Waals surface area contributed by atoms with Crippen molar-refractivity contribution in [2.45, 2.75) is 26.8 Å². The number of nitrogens with zero attached hydrogens (tertiary/aromatic N) is 3. The number of ether oxygens (including phenoxy) is 2. The summed E-state index contributed by atoms with van der Waals surface area (Å²) in [5, 5.41) is 24.5. The average molecular weight is 628 g/mol. The van der Waals surface area contributed by atoms with E-state index in [4.69, 9.17) is 14.0 Å². The smallest absolute Gasteiger partial charge is 0.322 e. The molecular weight excluding hydrogens is 597 g/mol. The fourth-order valence-electron chi connectivity index (χ4n) is 6.60. The van der Waals surface area contributed by atoms with Gasteiger partial charge in [0.05, 0.1) is 5.41 Å². The molecule has 2 atom stereocenters. The Hall–Kier alpha value is -5.52. The molecule has 0 bridgehead atoms. The second-order valence-electron chi connectivity index (χ2n) is 11.7. The summed E-state index contributed by atoms with van der Waals surface area (Å²) in [4.78, 5) is 45.1. The van der Waals surface area contributed by atoms with Crippen molar-refractivity contribution < 1.29 is 43.0 Å². The molecule has 1 aromatic heterocycles. The third-order valence-electron chi connectivity index (χ3n) is 8.91. The Balaban J connectivity index is 1.21. The number of amides is 1. The molecule has 0 saturated carbocycles. The first-order valence-electron chi connectivity index (χ1n) is 14.5. The number of rotatable bonds is 9. The van der Waals surface area contributed by atoms with Gasteiger partial charge in [0.2, 0.25) is 18.5 Å². The predicted octanol–water partition coefficient (Wildman–Crippen LogP) is 5.59. The summed E-state index contributed by atoms with van der Waals surface area (Å²) in [6.45, 7) is 2.81. The van der Waals surface area contributed by atoms with Crippen molar-refractivity contribution in [3.05, 3.63) is 96.2 Å².